The van der Waals surface area contributed by atoms with Gasteiger partial charge in [-0.05, 0) is 26.8 Å². The third kappa shape index (κ3) is 4.02. The van der Waals surface area contributed by atoms with Crippen LogP contribution in [0.1, 0.15) is 29.6 Å². The number of nitrogens with zero attached hydrogens (tertiary/aromatic N) is 4. The highest BCUT2D eigenvalue weighted by atomic mass is 32.1. The van der Waals surface area contributed by atoms with Crippen LogP contribution < -0.4 is 11.1 Å². The molecule has 2 aromatic heterocycles. The maximum absolute atomic E-state index is 11.1. The minimum absolute atomic E-state index is 0.286. The van der Waals surface area contributed by atoms with Crippen molar-refractivity contribution in [2.45, 2.75) is 26.2 Å². The third-order valence-corrected chi connectivity index (χ3v) is 4.66. The molecule has 0 spiro atoms. The highest BCUT2D eigenvalue weighted by molar-refractivity contribution is 7.13. The van der Waals surface area contributed by atoms with Gasteiger partial charge in [0, 0.05) is 23.9 Å². The van der Waals surface area contributed by atoms with Crippen molar-refractivity contribution in [3.8, 4) is 0 Å². The van der Waals surface area contributed by atoms with Gasteiger partial charge in [0.15, 0.2) is 5.13 Å². The number of hydrogen-bond donors (Lipinski definition) is 2. The predicted octanol–water partition coefficient (Wildman–Crippen LogP) is 1.57. The number of hydrogen-bond acceptors (Lipinski definition) is 7. The first kappa shape index (κ1) is 15.8. The number of rotatable bonds is 5. The molecule has 1 saturated heterocycles. The van der Waals surface area contributed by atoms with Crippen LogP contribution in [0.2, 0.25) is 0 Å². The second kappa shape index (κ2) is 6.59. The Balaban J connectivity index is 1.74. The van der Waals surface area contributed by atoms with E-state index in [4.69, 9.17) is 5.73 Å². The highest BCUT2D eigenvalue weighted by Crippen LogP contribution is 2.28. The first-order valence-electron chi connectivity index (χ1n) is 7.55. The molecule has 0 aliphatic carbocycles. The monoisotopic (exact) mass is 332 g/mol. The maximum atomic E-state index is 11.1. The Labute approximate surface area is 139 Å². The van der Waals surface area contributed by atoms with Crippen molar-refractivity contribution in [1.29, 1.82) is 0 Å². The predicted molar refractivity (Wildman–Crippen MR) is 89.9 cm³/mol. The average molecular weight is 332 g/mol. The topological polar surface area (TPSA) is 97.0 Å². The smallest absolute Gasteiger partial charge is 0.231 e. The average Bonchev–Trinajstić information content (AvgIpc) is 3.07. The van der Waals surface area contributed by atoms with Crippen LogP contribution in [-0.4, -0.2) is 45.4 Å². The van der Waals surface area contributed by atoms with E-state index in [0.717, 1.165) is 47.7 Å². The van der Waals surface area contributed by atoms with Crippen LogP contribution in [-0.2, 0) is 4.79 Å². The fourth-order valence-corrected chi connectivity index (χ4v) is 3.52. The van der Waals surface area contributed by atoms with Crippen molar-refractivity contribution < 1.29 is 4.79 Å². The highest BCUT2D eigenvalue weighted by Gasteiger charge is 2.26. The van der Waals surface area contributed by atoms with Crippen LogP contribution >= 0.6 is 11.3 Å². The molecule has 0 bridgehead atoms. The normalized spacial score (nSPS) is 18.3. The number of anilines is 2. The van der Waals surface area contributed by atoms with E-state index in [1.807, 2.05) is 25.3 Å². The van der Waals surface area contributed by atoms with Crippen LogP contribution in [0.25, 0.3) is 0 Å². The van der Waals surface area contributed by atoms with Crippen molar-refractivity contribution in [2.24, 2.45) is 5.73 Å². The van der Waals surface area contributed by atoms with E-state index in [2.05, 4.69) is 25.2 Å². The molecule has 0 radical (unpaired) electrons. The number of carbonyl (C=O) groups is 1. The summed E-state index contributed by atoms with van der Waals surface area (Å²) in [7, 11) is 0. The number of amides is 1. The quantitative estimate of drug-likeness (QED) is 0.862. The molecule has 0 saturated carbocycles. The Hall–Kier alpha value is -2.06. The summed E-state index contributed by atoms with van der Waals surface area (Å²) < 4.78 is 0. The largest absolute Gasteiger partial charge is 0.369 e. The molecule has 1 amide bonds. The van der Waals surface area contributed by atoms with Gasteiger partial charge in [-0.15, -0.1) is 11.3 Å². The molecule has 0 aromatic carbocycles. The van der Waals surface area contributed by atoms with Gasteiger partial charge in [-0.3, -0.25) is 9.69 Å². The summed E-state index contributed by atoms with van der Waals surface area (Å²) >= 11 is 1.55. The Kier molecular flexibility index (Phi) is 4.53. The van der Waals surface area contributed by atoms with Gasteiger partial charge < -0.3 is 11.1 Å². The number of likely N-dealkylation sites (tertiary alicyclic amines) is 1. The number of aromatic nitrogens is 3. The summed E-state index contributed by atoms with van der Waals surface area (Å²) in [4.78, 5) is 26.5. The standard InChI is InChI=1S/C15H20N6OS/c1-9-8-23-15(17-9)20-14-5-12(18-10(2)19-14)11-3-4-21(6-11)7-13(16)22/h5,8,11H,3-4,6-7H2,1-2H3,(H2,16,22)(H,17,18,19,20). The summed E-state index contributed by atoms with van der Waals surface area (Å²) in [6.45, 7) is 5.83. The molecule has 3 N–H and O–H groups in total. The fourth-order valence-electron chi connectivity index (χ4n) is 2.82. The summed E-state index contributed by atoms with van der Waals surface area (Å²) in [6.07, 6.45) is 0.972. The van der Waals surface area contributed by atoms with Crippen LogP contribution in [0.5, 0.6) is 0 Å². The summed E-state index contributed by atoms with van der Waals surface area (Å²) in [6, 6.07) is 1.97. The maximum Gasteiger partial charge on any atom is 0.231 e. The lowest BCUT2D eigenvalue weighted by Gasteiger charge is -2.14. The molecule has 2 aromatic rings. The summed E-state index contributed by atoms with van der Waals surface area (Å²) in [5.74, 6) is 1.50. The molecule has 3 rings (SSSR count). The van der Waals surface area contributed by atoms with E-state index in [1.165, 1.54) is 0 Å². The molecule has 8 heteroatoms. The first-order valence-corrected chi connectivity index (χ1v) is 8.43. The van der Waals surface area contributed by atoms with E-state index in [0.29, 0.717) is 12.5 Å². The second-order valence-electron chi connectivity index (χ2n) is 5.83. The van der Waals surface area contributed by atoms with Crippen LogP contribution in [0.4, 0.5) is 10.9 Å². The minimum atomic E-state index is -0.286. The van der Waals surface area contributed by atoms with Crippen molar-refractivity contribution in [3.05, 3.63) is 28.7 Å². The third-order valence-electron chi connectivity index (χ3n) is 3.78. The van der Waals surface area contributed by atoms with Gasteiger partial charge >= 0.3 is 0 Å². The Morgan fingerprint density at radius 3 is 2.96 bits per heavy atom. The molecule has 1 atom stereocenters. The molecular weight excluding hydrogens is 312 g/mol. The van der Waals surface area contributed by atoms with Crippen LogP contribution in [0.3, 0.4) is 0 Å². The van der Waals surface area contributed by atoms with E-state index < -0.39 is 0 Å². The molecular formula is C15H20N6OS. The zero-order chi connectivity index (χ0) is 16.4. The lowest BCUT2D eigenvalue weighted by atomic mass is 10.0. The molecule has 1 fully saturated rings. The van der Waals surface area contributed by atoms with Gasteiger partial charge in [0.25, 0.3) is 0 Å². The van der Waals surface area contributed by atoms with E-state index >= 15 is 0 Å². The van der Waals surface area contributed by atoms with Crippen molar-refractivity contribution in [2.75, 3.05) is 25.0 Å². The van der Waals surface area contributed by atoms with E-state index in [1.54, 1.807) is 11.3 Å². The summed E-state index contributed by atoms with van der Waals surface area (Å²) in [5, 5.41) is 6.06. The lowest BCUT2D eigenvalue weighted by molar-refractivity contribution is -0.118. The molecule has 122 valence electrons. The number of carbonyl (C=O) groups excluding carboxylic acids is 1. The number of nitrogens with one attached hydrogen (secondary N) is 1. The Morgan fingerprint density at radius 1 is 1.43 bits per heavy atom. The van der Waals surface area contributed by atoms with Crippen LogP contribution in [0, 0.1) is 13.8 Å². The van der Waals surface area contributed by atoms with E-state index in [9.17, 15) is 4.79 Å². The van der Waals surface area contributed by atoms with Gasteiger partial charge in [-0.25, -0.2) is 15.0 Å². The van der Waals surface area contributed by atoms with Gasteiger partial charge in [0.1, 0.15) is 11.6 Å². The molecule has 7 nitrogen and oxygen atoms in total. The van der Waals surface area contributed by atoms with Crippen molar-refractivity contribution in [3.63, 3.8) is 0 Å². The molecule has 23 heavy (non-hydrogen) atoms. The Morgan fingerprint density at radius 2 is 2.26 bits per heavy atom. The van der Waals surface area contributed by atoms with Crippen molar-refractivity contribution >= 4 is 28.2 Å². The van der Waals surface area contributed by atoms with Crippen LogP contribution in [0.15, 0.2) is 11.4 Å². The summed E-state index contributed by atoms with van der Waals surface area (Å²) in [5.41, 5.74) is 7.26. The number of primary amides is 1. The molecule has 1 aliphatic rings. The number of thiazole rings is 1. The lowest BCUT2D eigenvalue weighted by Crippen LogP contribution is -2.31. The number of nitrogens with two attached hydrogens (primary N) is 1. The zero-order valence-corrected chi connectivity index (χ0v) is 14.1. The van der Waals surface area contributed by atoms with Crippen molar-refractivity contribution in [1.82, 2.24) is 19.9 Å². The van der Waals surface area contributed by atoms with Gasteiger partial charge in [0.05, 0.1) is 17.9 Å². The molecule has 1 unspecified atom stereocenters. The molecule has 1 aliphatic heterocycles. The Bertz CT molecular complexity index is 716. The van der Waals surface area contributed by atoms with Gasteiger partial charge in [-0.1, -0.05) is 0 Å². The molecule has 3 heterocycles. The minimum Gasteiger partial charge on any atom is -0.369 e. The second-order valence-corrected chi connectivity index (χ2v) is 6.69. The van der Waals surface area contributed by atoms with Gasteiger partial charge in [-0.2, -0.15) is 0 Å². The van der Waals surface area contributed by atoms with E-state index in [-0.39, 0.29) is 5.91 Å². The van der Waals surface area contributed by atoms with Gasteiger partial charge in [0.2, 0.25) is 5.91 Å². The first-order chi connectivity index (χ1) is 11.0. The zero-order valence-electron chi connectivity index (χ0n) is 13.2. The fraction of sp³-hybridized carbons (Fsp3) is 0.467. The number of aryl methyl sites for hydroxylation is 2. The SMILES string of the molecule is Cc1csc(Nc2cc(C3CCN(CC(N)=O)C3)nc(C)n2)n1.